The minimum atomic E-state index is -0.104. The Morgan fingerprint density at radius 3 is 3.09 bits per heavy atom. The molecule has 0 fully saturated rings. The zero-order valence-corrected chi connectivity index (χ0v) is 13.3. The Bertz CT molecular complexity index is 904. The standard InChI is InChI=1S/C17H15ClN4O/c1-10-12-5-7-19-9-11(12)6-8-22(10)17(23)16-20-14-4-2-3-13(18)15(14)21-16/h2-5,7,9-10H,6,8H2,1H3,(H,20,21). The molecule has 3 heterocycles. The van der Waals surface area contributed by atoms with Crippen LogP contribution < -0.4 is 0 Å². The van der Waals surface area contributed by atoms with Gasteiger partial charge in [-0.2, -0.15) is 0 Å². The molecule has 0 spiro atoms. The molecule has 1 aliphatic rings. The van der Waals surface area contributed by atoms with Gasteiger partial charge in [-0.15, -0.1) is 0 Å². The molecule has 4 rings (SSSR count). The van der Waals surface area contributed by atoms with Gasteiger partial charge in [-0.05, 0) is 42.7 Å². The van der Waals surface area contributed by atoms with Gasteiger partial charge in [0.2, 0.25) is 0 Å². The summed E-state index contributed by atoms with van der Waals surface area (Å²) in [6.45, 7) is 2.69. The first-order chi connectivity index (χ1) is 11.1. The van der Waals surface area contributed by atoms with Crippen LogP contribution in [0.1, 0.15) is 34.7 Å². The third-order valence-electron chi connectivity index (χ3n) is 4.41. The molecular formula is C17H15ClN4O. The maximum Gasteiger partial charge on any atom is 0.290 e. The van der Waals surface area contributed by atoms with Crippen LogP contribution in [-0.2, 0) is 6.42 Å². The molecule has 0 aliphatic carbocycles. The molecule has 0 saturated carbocycles. The van der Waals surface area contributed by atoms with E-state index in [-0.39, 0.29) is 11.9 Å². The molecule has 3 aromatic rings. The van der Waals surface area contributed by atoms with E-state index in [4.69, 9.17) is 11.6 Å². The number of hydrogen-bond donors (Lipinski definition) is 1. The monoisotopic (exact) mass is 326 g/mol. The number of amides is 1. The van der Waals surface area contributed by atoms with E-state index in [0.717, 1.165) is 17.5 Å². The largest absolute Gasteiger partial charge is 0.334 e. The van der Waals surface area contributed by atoms with Crippen molar-refractivity contribution in [1.82, 2.24) is 19.9 Å². The van der Waals surface area contributed by atoms with Gasteiger partial charge >= 0.3 is 0 Å². The van der Waals surface area contributed by atoms with Gasteiger partial charge in [0.1, 0.15) is 5.52 Å². The number of aromatic nitrogens is 3. The summed E-state index contributed by atoms with van der Waals surface area (Å²) in [4.78, 5) is 26.3. The predicted octanol–water partition coefficient (Wildman–Crippen LogP) is 3.37. The lowest BCUT2D eigenvalue weighted by molar-refractivity contribution is 0.0666. The maximum absolute atomic E-state index is 12.9. The third kappa shape index (κ3) is 2.28. The smallest absolute Gasteiger partial charge is 0.290 e. The lowest BCUT2D eigenvalue weighted by atomic mass is 9.95. The van der Waals surface area contributed by atoms with E-state index in [1.165, 1.54) is 5.56 Å². The van der Waals surface area contributed by atoms with Crippen LogP contribution in [0.5, 0.6) is 0 Å². The number of fused-ring (bicyclic) bond motifs is 2. The number of para-hydroxylation sites is 1. The molecule has 1 aliphatic heterocycles. The molecule has 6 heteroatoms. The molecule has 2 aromatic heterocycles. The van der Waals surface area contributed by atoms with Crippen LogP contribution >= 0.6 is 11.6 Å². The second-order valence-electron chi connectivity index (χ2n) is 5.72. The molecule has 0 bridgehead atoms. The average molecular weight is 327 g/mol. The van der Waals surface area contributed by atoms with Crippen LogP contribution in [0, 0.1) is 0 Å². The van der Waals surface area contributed by atoms with Crippen molar-refractivity contribution in [3.8, 4) is 0 Å². The Morgan fingerprint density at radius 1 is 1.39 bits per heavy atom. The van der Waals surface area contributed by atoms with Crippen LogP contribution in [-0.4, -0.2) is 32.3 Å². The number of pyridine rings is 1. The third-order valence-corrected chi connectivity index (χ3v) is 4.71. The van der Waals surface area contributed by atoms with E-state index in [0.29, 0.717) is 22.9 Å². The molecule has 1 atom stereocenters. The number of halogens is 1. The molecule has 1 N–H and O–H groups in total. The molecule has 23 heavy (non-hydrogen) atoms. The van der Waals surface area contributed by atoms with Crippen molar-refractivity contribution in [3.63, 3.8) is 0 Å². The lowest BCUT2D eigenvalue weighted by Gasteiger charge is -2.34. The van der Waals surface area contributed by atoms with Crippen molar-refractivity contribution in [2.75, 3.05) is 6.54 Å². The SMILES string of the molecule is CC1c2ccncc2CCN1C(=O)c1nc2c(Cl)cccc2[nH]1. The fraction of sp³-hybridized carbons (Fsp3) is 0.235. The molecule has 1 unspecified atom stereocenters. The maximum atomic E-state index is 12.9. The Balaban J connectivity index is 1.70. The van der Waals surface area contributed by atoms with Crippen molar-refractivity contribution in [3.05, 3.63) is 58.6 Å². The molecule has 0 radical (unpaired) electrons. The van der Waals surface area contributed by atoms with Crippen molar-refractivity contribution in [2.24, 2.45) is 0 Å². The highest BCUT2D eigenvalue weighted by Gasteiger charge is 2.29. The van der Waals surface area contributed by atoms with Crippen LogP contribution in [0.25, 0.3) is 11.0 Å². The highest BCUT2D eigenvalue weighted by molar-refractivity contribution is 6.35. The quantitative estimate of drug-likeness (QED) is 0.745. The Morgan fingerprint density at radius 2 is 2.26 bits per heavy atom. The highest BCUT2D eigenvalue weighted by Crippen LogP contribution is 2.30. The second kappa shape index (κ2) is 5.35. The van der Waals surface area contributed by atoms with Crippen LogP contribution in [0.4, 0.5) is 0 Å². The van der Waals surface area contributed by atoms with E-state index in [1.807, 2.05) is 36.2 Å². The number of aromatic amines is 1. The van der Waals surface area contributed by atoms with E-state index in [9.17, 15) is 4.79 Å². The van der Waals surface area contributed by atoms with Gasteiger partial charge in [0, 0.05) is 18.9 Å². The summed E-state index contributed by atoms with van der Waals surface area (Å²) in [5.41, 5.74) is 3.76. The normalized spacial score (nSPS) is 17.3. The number of rotatable bonds is 1. The van der Waals surface area contributed by atoms with Gasteiger partial charge in [0.05, 0.1) is 16.6 Å². The summed E-state index contributed by atoms with van der Waals surface area (Å²) in [7, 11) is 0. The van der Waals surface area contributed by atoms with Gasteiger partial charge in [-0.1, -0.05) is 17.7 Å². The average Bonchev–Trinajstić information content (AvgIpc) is 3.01. The van der Waals surface area contributed by atoms with Gasteiger partial charge < -0.3 is 9.88 Å². The first-order valence-electron chi connectivity index (χ1n) is 7.53. The van der Waals surface area contributed by atoms with E-state index < -0.39 is 0 Å². The minimum absolute atomic E-state index is 0.00191. The zero-order chi connectivity index (χ0) is 16.0. The van der Waals surface area contributed by atoms with Crippen molar-refractivity contribution < 1.29 is 4.79 Å². The Labute approximate surface area is 138 Å². The predicted molar refractivity (Wildman–Crippen MR) is 88.5 cm³/mol. The van der Waals surface area contributed by atoms with Gasteiger partial charge in [-0.25, -0.2) is 4.98 Å². The fourth-order valence-corrected chi connectivity index (χ4v) is 3.39. The summed E-state index contributed by atoms with van der Waals surface area (Å²) < 4.78 is 0. The first-order valence-corrected chi connectivity index (χ1v) is 7.91. The molecule has 0 saturated heterocycles. The topological polar surface area (TPSA) is 61.9 Å². The van der Waals surface area contributed by atoms with Crippen molar-refractivity contribution in [2.45, 2.75) is 19.4 Å². The van der Waals surface area contributed by atoms with E-state index in [1.54, 1.807) is 12.3 Å². The summed E-state index contributed by atoms with van der Waals surface area (Å²) in [6, 6.07) is 7.45. The second-order valence-corrected chi connectivity index (χ2v) is 6.13. The Hall–Kier alpha value is -2.40. The highest BCUT2D eigenvalue weighted by atomic mass is 35.5. The zero-order valence-electron chi connectivity index (χ0n) is 12.6. The molecular weight excluding hydrogens is 312 g/mol. The molecule has 5 nitrogen and oxygen atoms in total. The van der Waals surface area contributed by atoms with Crippen molar-refractivity contribution in [1.29, 1.82) is 0 Å². The van der Waals surface area contributed by atoms with Crippen LogP contribution in [0.15, 0.2) is 36.7 Å². The minimum Gasteiger partial charge on any atom is -0.334 e. The van der Waals surface area contributed by atoms with E-state index in [2.05, 4.69) is 15.0 Å². The van der Waals surface area contributed by atoms with Gasteiger partial charge in [-0.3, -0.25) is 9.78 Å². The fourth-order valence-electron chi connectivity index (χ4n) is 3.17. The van der Waals surface area contributed by atoms with Crippen LogP contribution in [0.3, 0.4) is 0 Å². The number of nitrogens with zero attached hydrogens (tertiary/aromatic N) is 3. The number of carbonyl (C=O) groups is 1. The first kappa shape index (κ1) is 14.2. The summed E-state index contributed by atoms with van der Waals surface area (Å²) in [5.74, 6) is 0.227. The van der Waals surface area contributed by atoms with Gasteiger partial charge in [0.25, 0.3) is 5.91 Å². The van der Waals surface area contributed by atoms with Gasteiger partial charge in [0.15, 0.2) is 5.82 Å². The molecule has 1 amide bonds. The summed E-state index contributed by atoms with van der Waals surface area (Å²) in [5, 5.41) is 0.543. The number of nitrogens with one attached hydrogen (secondary N) is 1. The van der Waals surface area contributed by atoms with Crippen molar-refractivity contribution >= 4 is 28.5 Å². The lowest BCUT2D eigenvalue weighted by Crippen LogP contribution is -2.39. The summed E-state index contributed by atoms with van der Waals surface area (Å²) in [6.07, 6.45) is 4.46. The molecule has 1 aromatic carbocycles. The number of carbonyl (C=O) groups excluding carboxylic acids is 1. The molecule has 116 valence electrons. The van der Waals surface area contributed by atoms with E-state index >= 15 is 0 Å². The Kier molecular flexibility index (Phi) is 3.31. The number of H-pyrrole nitrogens is 1. The number of hydrogen-bond acceptors (Lipinski definition) is 3. The van der Waals surface area contributed by atoms with Crippen LogP contribution in [0.2, 0.25) is 5.02 Å². The number of benzene rings is 1. The number of imidazole rings is 1. The summed E-state index contributed by atoms with van der Waals surface area (Å²) >= 11 is 6.14.